The summed E-state index contributed by atoms with van der Waals surface area (Å²) in [4.78, 5) is 27.3. The number of allylic oxidation sites excluding steroid dienone is 2. The van der Waals surface area contributed by atoms with Crippen molar-refractivity contribution >= 4 is 50.3 Å². The van der Waals surface area contributed by atoms with Crippen LogP contribution in [0.4, 0.5) is 5.82 Å². The van der Waals surface area contributed by atoms with E-state index in [-0.39, 0.29) is 5.91 Å². The third-order valence-corrected chi connectivity index (χ3v) is 7.10. The standard InChI is InChI=1S/C24H30N6OS2/c1-8-10-15(2)24(31)30(7)28-22-19-16(3)20(17(4)25-12-13-29(5)6)33-23(19)27-21(26-22)18-11-9-14-32-18/h8-11,14,25H,1,4,12-13H2,2-3,5-7H3,(H,26,27,28)/b15-10-. The second-order valence-electron chi connectivity index (χ2n) is 7.88. The molecule has 0 aliphatic heterocycles. The van der Waals surface area contributed by atoms with Crippen molar-refractivity contribution in [2.24, 2.45) is 0 Å². The molecule has 0 bridgehead atoms. The van der Waals surface area contributed by atoms with Crippen LogP contribution in [0.3, 0.4) is 0 Å². The summed E-state index contributed by atoms with van der Waals surface area (Å²) in [5.74, 6) is 1.05. The monoisotopic (exact) mass is 482 g/mol. The number of nitrogens with zero attached hydrogens (tertiary/aromatic N) is 4. The Hall–Kier alpha value is -3.01. The highest BCUT2D eigenvalue weighted by atomic mass is 32.1. The third-order valence-electron chi connectivity index (χ3n) is 4.99. The maximum Gasteiger partial charge on any atom is 0.267 e. The van der Waals surface area contributed by atoms with Gasteiger partial charge in [0.15, 0.2) is 11.6 Å². The maximum absolute atomic E-state index is 12.7. The van der Waals surface area contributed by atoms with Crippen LogP contribution in [0, 0.1) is 6.92 Å². The van der Waals surface area contributed by atoms with E-state index in [2.05, 4.69) is 28.8 Å². The number of nitrogens with one attached hydrogen (secondary N) is 2. The molecule has 0 saturated heterocycles. The van der Waals surface area contributed by atoms with Gasteiger partial charge in [0, 0.05) is 31.4 Å². The summed E-state index contributed by atoms with van der Waals surface area (Å²) < 4.78 is 0. The Morgan fingerprint density at radius 2 is 2.03 bits per heavy atom. The number of likely N-dealkylation sites (N-methyl/N-ethyl adjacent to an activating group) is 2. The molecule has 3 heterocycles. The number of rotatable bonds is 10. The SMILES string of the molecule is C=C/C=C(/C)C(=O)N(C)Nc1nc(-c2cccs2)nc2sc(C(=C)NCCN(C)C)c(C)c12. The van der Waals surface area contributed by atoms with E-state index in [0.29, 0.717) is 17.2 Å². The van der Waals surface area contributed by atoms with E-state index < -0.39 is 0 Å². The van der Waals surface area contributed by atoms with Gasteiger partial charge in [0.1, 0.15) is 4.83 Å². The summed E-state index contributed by atoms with van der Waals surface area (Å²) in [5.41, 5.74) is 5.65. The Morgan fingerprint density at radius 1 is 1.27 bits per heavy atom. The Balaban J connectivity index is 2.03. The number of aromatic nitrogens is 2. The number of carbonyl (C=O) groups is 1. The van der Waals surface area contributed by atoms with Crippen LogP contribution in [0.15, 0.2) is 48.4 Å². The Labute approximate surface area is 203 Å². The van der Waals surface area contributed by atoms with Gasteiger partial charge < -0.3 is 10.2 Å². The number of aryl methyl sites for hydroxylation is 1. The van der Waals surface area contributed by atoms with Gasteiger partial charge in [-0.3, -0.25) is 15.2 Å². The van der Waals surface area contributed by atoms with Crippen LogP contribution in [0.2, 0.25) is 0 Å². The van der Waals surface area contributed by atoms with Crippen molar-refractivity contribution in [3.63, 3.8) is 0 Å². The Bertz CT molecular complexity index is 1190. The quantitative estimate of drug-likeness (QED) is 0.246. The van der Waals surface area contributed by atoms with Crippen LogP contribution in [0.1, 0.15) is 17.4 Å². The van der Waals surface area contributed by atoms with E-state index in [1.165, 1.54) is 5.01 Å². The van der Waals surface area contributed by atoms with Crippen molar-refractivity contribution in [1.82, 2.24) is 25.2 Å². The Morgan fingerprint density at radius 3 is 2.67 bits per heavy atom. The highest BCUT2D eigenvalue weighted by molar-refractivity contribution is 7.20. The van der Waals surface area contributed by atoms with Gasteiger partial charge in [0.25, 0.3) is 5.91 Å². The first-order valence-electron chi connectivity index (χ1n) is 10.5. The molecule has 0 aromatic carbocycles. The number of thiophene rings is 2. The van der Waals surface area contributed by atoms with Gasteiger partial charge in [0.2, 0.25) is 0 Å². The molecule has 174 valence electrons. The molecule has 0 unspecified atom stereocenters. The minimum absolute atomic E-state index is 0.165. The second kappa shape index (κ2) is 10.7. The van der Waals surface area contributed by atoms with Crippen molar-refractivity contribution in [1.29, 1.82) is 0 Å². The van der Waals surface area contributed by atoms with Crippen molar-refractivity contribution in [3.05, 3.63) is 58.8 Å². The largest absolute Gasteiger partial charge is 0.383 e. The molecule has 3 aromatic rings. The molecule has 0 fully saturated rings. The molecule has 3 rings (SSSR count). The van der Waals surface area contributed by atoms with Gasteiger partial charge in [-0.25, -0.2) is 9.97 Å². The van der Waals surface area contributed by atoms with Crippen molar-refractivity contribution in [3.8, 4) is 10.7 Å². The van der Waals surface area contributed by atoms with Gasteiger partial charge in [-0.15, -0.1) is 22.7 Å². The van der Waals surface area contributed by atoms with E-state index in [0.717, 1.165) is 44.3 Å². The maximum atomic E-state index is 12.7. The molecule has 0 radical (unpaired) electrons. The number of carbonyl (C=O) groups excluding carboxylic acids is 1. The normalized spacial score (nSPS) is 11.6. The zero-order valence-electron chi connectivity index (χ0n) is 19.7. The van der Waals surface area contributed by atoms with Crippen molar-refractivity contribution < 1.29 is 4.79 Å². The number of hydrogen-bond acceptors (Lipinski definition) is 8. The van der Waals surface area contributed by atoms with Crippen molar-refractivity contribution in [2.75, 3.05) is 39.7 Å². The zero-order valence-corrected chi connectivity index (χ0v) is 21.4. The van der Waals surface area contributed by atoms with Gasteiger partial charge in [-0.1, -0.05) is 31.4 Å². The highest BCUT2D eigenvalue weighted by Gasteiger charge is 2.21. The number of hydrogen-bond donors (Lipinski definition) is 2. The predicted molar refractivity (Wildman–Crippen MR) is 141 cm³/mol. The second-order valence-corrected chi connectivity index (χ2v) is 9.83. The average molecular weight is 483 g/mol. The molecule has 1 amide bonds. The van der Waals surface area contributed by atoms with E-state index >= 15 is 0 Å². The van der Waals surface area contributed by atoms with Crippen LogP contribution in [-0.2, 0) is 4.79 Å². The lowest BCUT2D eigenvalue weighted by Crippen LogP contribution is -2.33. The topological polar surface area (TPSA) is 73.4 Å². The molecule has 2 N–H and O–H groups in total. The summed E-state index contributed by atoms with van der Waals surface area (Å²) in [6.07, 6.45) is 3.29. The minimum Gasteiger partial charge on any atom is -0.383 e. The fourth-order valence-electron chi connectivity index (χ4n) is 3.26. The van der Waals surface area contributed by atoms with Crippen molar-refractivity contribution in [2.45, 2.75) is 13.8 Å². The average Bonchev–Trinajstić information content (AvgIpc) is 3.41. The summed E-state index contributed by atoms with van der Waals surface area (Å²) in [6.45, 7) is 13.4. The molecule has 0 spiro atoms. The summed E-state index contributed by atoms with van der Waals surface area (Å²) in [7, 11) is 5.77. The molecule has 3 aromatic heterocycles. The molecule has 0 aliphatic carbocycles. The predicted octanol–water partition coefficient (Wildman–Crippen LogP) is 4.77. The minimum atomic E-state index is -0.165. The number of fused-ring (bicyclic) bond motifs is 1. The zero-order chi connectivity index (χ0) is 24.1. The lowest BCUT2D eigenvalue weighted by Gasteiger charge is -2.20. The molecule has 7 nitrogen and oxygen atoms in total. The summed E-state index contributed by atoms with van der Waals surface area (Å²) in [6, 6.07) is 3.96. The lowest BCUT2D eigenvalue weighted by atomic mass is 10.1. The fraction of sp³-hybridized carbons (Fsp3) is 0.292. The van der Waals surface area contributed by atoms with Crippen LogP contribution >= 0.6 is 22.7 Å². The molecule has 0 aliphatic rings. The lowest BCUT2D eigenvalue weighted by molar-refractivity contribution is -0.124. The first-order valence-corrected chi connectivity index (χ1v) is 12.2. The van der Waals surface area contributed by atoms with Gasteiger partial charge in [0.05, 0.1) is 15.1 Å². The van der Waals surface area contributed by atoms with Gasteiger partial charge >= 0.3 is 0 Å². The highest BCUT2D eigenvalue weighted by Crippen LogP contribution is 2.38. The smallest absolute Gasteiger partial charge is 0.267 e. The van der Waals surface area contributed by atoms with Crippen LogP contribution < -0.4 is 10.7 Å². The number of anilines is 1. The third kappa shape index (κ3) is 5.68. The van der Waals surface area contributed by atoms with Crippen LogP contribution in [0.5, 0.6) is 0 Å². The van der Waals surface area contributed by atoms with E-state index in [9.17, 15) is 4.79 Å². The molecule has 33 heavy (non-hydrogen) atoms. The molecule has 0 atom stereocenters. The first kappa shape index (κ1) is 24.6. The van der Waals surface area contributed by atoms with Crippen LogP contribution in [0.25, 0.3) is 26.6 Å². The molecule has 9 heteroatoms. The molecular formula is C24H30N6OS2. The van der Waals surface area contributed by atoms with Gasteiger partial charge in [-0.2, -0.15) is 0 Å². The Kier molecular flexibility index (Phi) is 8.01. The molecule has 0 saturated carbocycles. The number of amides is 1. The fourth-order valence-corrected chi connectivity index (χ4v) is 5.04. The van der Waals surface area contributed by atoms with Gasteiger partial charge in [-0.05, 0) is 45.0 Å². The molecular weight excluding hydrogens is 452 g/mol. The summed E-state index contributed by atoms with van der Waals surface area (Å²) >= 11 is 3.15. The van der Waals surface area contributed by atoms with E-state index in [4.69, 9.17) is 9.97 Å². The summed E-state index contributed by atoms with van der Waals surface area (Å²) in [5, 5.41) is 7.73. The van der Waals surface area contributed by atoms with E-state index in [1.807, 2.05) is 38.5 Å². The van der Waals surface area contributed by atoms with E-state index in [1.54, 1.807) is 48.8 Å². The first-order chi connectivity index (χ1) is 15.7. The van der Waals surface area contributed by atoms with Crippen LogP contribution in [-0.4, -0.2) is 60.0 Å². The number of hydrazine groups is 1.